The number of pyridine rings is 1. The fourth-order valence-corrected chi connectivity index (χ4v) is 3.21. The van der Waals surface area contributed by atoms with Crippen molar-refractivity contribution in [3.8, 4) is 11.4 Å². The van der Waals surface area contributed by atoms with Crippen LogP contribution >= 0.6 is 0 Å². The Morgan fingerprint density at radius 3 is 2.66 bits per heavy atom. The van der Waals surface area contributed by atoms with Crippen molar-refractivity contribution >= 4 is 22.6 Å². The zero-order chi connectivity index (χ0) is 20.4. The number of nitrogens with one attached hydrogen (secondary N) is 1. The average Bonchev–Trinajstić information content (AvgIpc) is 3.01. The number of hydrogen-bond donors (Lipinski definition) is 1. The number of carbonyl (C=O) groups excluding carboxylic acids is 1. The summed E-state index contributed by atoms with van der Waals surface area (Å²) in [5.74, 6) is 0.370. The molecule has 2 aromatic carbocycles. The first-order valence-corrected chi connectivity index (χ1v) is 9.14. The molecule has 0 radical (unpaired) electrons. The summed E-state index contributed by atoms with van der Waals surface area (Å²) in [5.41, 5.74) is 2.61. The van der Waals surface area contributed by atoms with E-state index in [1.807, 2.05) is 31.2 Å². The number of rotatable bonds is 5. The van der Waals surface area contributed by atoms with Crippen molar-refractivity contribution in [3.63, 3.8) is 0 Å². The first-order valence-electron chi connectivity index (χ1n) is 9.14. The van der Waals surface area contributed by atoms with E-state index in [1.54, 1.807) is 54.4 Å². The largest absolute Gasteiger partial charge is 0.497 e. The molecule has 0 aliphatic carbocycles. The number of aryl methyl sites for hydroxylation is 1. The number of amides is 1. The molecular formula is C22H20N4O3. The molecule has 0 saturated carbocycles. The van der Waals surface area contributed by atoms with Crippen LogP contribution in [-0.4, -0.2) is 27.4 Å². The second-order valence-electron chi connectivity index (χ2n) is 6.66. The summed E-state index contributed by atoms with van der Waals surface area (Å²) >= 11 is 0. The molecule has 29 heavy (non-hydrogen) atoms. The number of methoxy groups -OCH3 is 1. The van der Waals surface area contributed by atoms with Crippen molar-refractivity contribution in [2.24, 2.45) is 0 Å². The van der Waals surface area contributed by atoms with Crippen molar-refractivity contribution in [2.45, 2.75) is 13.5 Å². The molecule has 0 aliphatic heterocycles. The van der Waals surface area contributed by atoms with Gasteiger partial charge < -0.3 is 10.1 Å². The third-order valence-corrected chi connectivity index (χ3v) is 4.62. The first kappa shape index (κ1) is 18.5. The zero-order valence-corrected chi connectivity index (χ0v) is 16.1. The van der Waals surface area contributed by atoms with Crippen LogP contribution in [0.25, 0.3) is 16.7 Å². The van der Waals surface area contributed by atoms with E-state index in [1.165, 1.54) is 4.68 Å². The van der Waals surface area contributed by atoms with Crippen LogP contribution < -0.4 is 15.6 Å². The monoisotopic (exact) mass is 388 g/mol. The van der Waals surface area contributed by atoms with Crippen LogP contribution in [0.15, 0.2) is 71.7 Å². The fraction of sp³-hybridized carbons (Fsp3) is 0.136. The Labute approximate surface area is 167 Å². The van der Waals surface area contributed by atoms with Gasteiger partial charge in [-0.1, -0.05) is 23.8 Å². The summed E-state index contributed by atoms with van der Waals surface area (Å²) in [6.45, 7) is 1.91. The Kier molecular flexibility index (Phi) is 4.87. The molecule has 0 fully saturated rings. The van der Waals surface area contributed by atoms with Crippen molar-refractivity contribution < 1.29 is 9.53 Å². The highest BCUT2D eigenvalue weighted by atomic mass is 16.5. The number of benzene rings is 2. The zero-order valence-electron chi connectivity index (χ0n) is 16.1. The highest BCUT2D eigenvalue weighted by molar-refractivity contribution is 5.91. The predicted octanol–water partition coefficient (Wildman–Crippen LogP) is 3.14. The van der Waals surface area contributed by atoms with E-state index in [0.29, 0.717) is 28.2 Å². The molecule has 0 aliphatic rings. The van der Waals surface area contributed by atoms with E-state index in [9.17, 15) is 9.59 Å². The molecule has 7 heteroatoms. The summed E-state index contributed by atoms with van der Waals surface area (Å²) in [5, 5.41) is 3.30. The van der Waals surface area contributed by atoms with Crippen LogP contribution in [0.1, 0.15) is 5.56 Å². The molecule has 146 valence electrons. The van der Waals surface area contributed by atoms with Gasteiger partial charge in [-0.05, 0) is 43.3 Å². The van der Waals surface area contributed by atoms with E-state index in [0.717, 1.165) is 5.56 Å². The summed E-state index contributed by atoms with van der Waals surface area (Å²) in [7, 11) is 1.57. The lowest BCUT2D eigenvalue weighted by Crippen LogP contribution is -2.27. The quantitative estimate of drug-likeness (QED) is 0.570. The standard InChI is InChI=1S/C22H20N4O3/c1-15-8-10-17(11-9-15)26-22(28)19-7-4-12-23-21(19)25(26)14-20(27)24-16-5-3-6-18(13-16)29-2/h3-13H,14H2,1-2H3,(H,24,27). The van der Waals surface area contributed by atoms with Gasteiger partial charge in [0, 0.05) is 18.0 Å². The van der Waals surface area contributed by atoms with Gasteiger partial charge in [0.25, 0.3) is 5.56 Å². The Balaban J connectivity index is 1.74. The Bertz CT molecular complexity index is 1240. The summed E-state index contributed by atoms with van der Waals surface area (Å²) < 4.78 is 8.27. The number of nitrogens with zero attached hydrogens (tertiary/aromatic N) is 3. The van der Waals surface area contributed by atoms with Crippen molar-refractivity contribution in [2.75, 3.05) is 12.4 Å². The van der Waals surface area contributed by atoms with E-state index in [4.69, 9.17) is 4.74 Å². The average molecular weight is 388 g/mol. The molecule has 0 spiro atoms. The number of carbonyl (C=O) groups is 1. The van der Waals surface area contributed by atoms with Gasteiger partial charge in [-0.3, -0.25) is 14.3 Å². The van der Waals surface area contributed by atoms with Gasteiger partial charge >= 0.3 is 0 Å². The molecule has 0 unspecified atom stereocenters. The van der Waals surface area contributed by atoms with Gasteiger partial charge in [0.1, 0.15) is 12.3 Å². The van der Waals surface area contributed by atoms with Crippen LogP contribution in [0.2, 0.25) is 0 Å². The van der Waals surface area contributed by atoms with Crippen molar-refractivity contribution in [1.82, 2.24) is 14.3 Å². The molecule has 0 atom stereocenters. The third kappa shape index (κ3) is 3.62. The van der Waals surface area contributed by atoms with Crippen molar-refractivity contribution in [1.29, 1.82) is 0 Å². The van der Waals surface area contributed by atoms with Gasteiger partial charge in [0.2, 0.25) is 5.91 Å². The minimum atomic E-state index is -0.276. The summed E-state index contributed by atoms with van der Waals surface area (Å²) in [6.07, 6.45) is 1.61. The minimum Gasteiger partial charge on any atom is -0.497 e. The first-order chi connectivity index (χ1) is 14.1. The predicted molar refractivity (Wildman–Crippen MR) is 112 cm³/mol. The molecule has 4 rings (SSSR count). The van der Waals surface area contributed by atoms with Gasteiger partial charge in [-0.15, -0.1) is 0 Å². The smallest absolute Gasteiger partial charge is 0.280 e. The molecule has 0 bridgehead atoms. The molecule has 2 aromatic heterocycles. The van der Waals surface area contributed by atoms with E-state index in [2.05, 4.69) is 10.3 Å². The molecule has 1 amide bonds. The lowest BCUT2D eigenvalue weighted by Gasteiger charge is -2.13. The van der Waals surface area contributed by atoms with E-state index >= 15 is 0 Å². The lowest BCUT2D eigenvalue weighted by molar-refractivity contribution is -0.116. The van der Waals surface area contributed by atoms with E-state index < -0.39 is 0 Å². The van der Waals surface area contributed by atoms with Gasteiger partial charge in [-0.25, -0.2) is 9.67 Å². The van der Waals surface area contributed by atoms with Gasteiger partial charge in [-0.2, -0.15) is 0 Å². The number of fused-ring (bicyclic) bond motifs is 1. The van der Waals surface area contributed by atoms with Crippen LogP contribution in [0.3, 0.4) is 0 Å². The van der Waals surface area contributed by atoms with Crippen LogP contribution in [-0.2, 0) is 11.3 Å². The maximum Gasteiger partial charge on any atom is 0.280 e. The summed E-state index contributed by atoms with van der Waals surface area (Å²) in [4.78, 5) is 30.1. The Hall–Kier alpha value is -3.87. The second kappa shape index (κ2) is 7.63. The highest BCUT2D eigenvalue weighted by Gasteiger charge is 2.18. The number of ether oxygens (including phenoxy) is 1. The maximum absolute atomic E-state index is 13.0. The van der Waals surface area contributed by atoms with Crippen LogP contribution in [0.5, 0.6) is 5.75 Å². The molecule has 1 N–H and O–H groups in total. The third-order valence-electron chi connectivity index (χ3n) is 4.62. The van der Waals surface area contributed by atoms with Crippen molar-refractivity contribution in [3.05, 3.63) is 82.8 Å². The molecule has 2 heterocycles. The maximum atomic E-state index is 13.0. The molecule has 7 nitrogen and oxygen atoms in total. The lowest BCUT2D eigenvalue weighted by atomic mass is 10.2. The Morgan fingerprint density at radius 1 is 1.10 bits per heavy atom. The van der Waals surface area contributed by atoms with E-state index in [-0.39, 0.29) is 18.0 Å². The second-order valence-corrected chi connectivity index (χ2v) is 6.66. The molecule has 0 saturated heterocycles. The van der Waals surface area contributed by atoms with Gasteiger partial charge in [0.15, 0.2) is 5.65 Å². The number of aromatic nitrogens is 3. The molecular weight excluding hydrogens is 368 g/mol. The summed E-state index contributed by atoms with van der Waals surface area (Å²) in [6, 6.07) is 18.1. The minimum absolute atomic E-state index is 0.0686. The van der Waals surface area contributed by atoms with Gasteiger partial charge in [0.05, 0.1) is 18.2 Å². The fourth-order valence-electron chi connectivity index (χ4n) is 3.21. The Morgan fingerprint density at radius 2 is 1.90 bits per heavy atom. The van der Waals surface area contributed by atoms with Crippen LogP contribution in [0, 0.1) is 6.92 Å². The van der Waals surface area contributed by atoms with Crippen LogP contribution in [0.4, 0.5) is 5.69 Å². The number of hydrogen-bond acceptors (Lipinski definition) is 4. The SMILES string of the molecule is COc1cccc(NC(=O)Cn2c3ncccc3c(=O)n2-c2ccc(C)cc2)c1. The number of anilines is 1. The highest BCUT2D eigenvalue weighted by Crippen LogP contribution is 2.18. The topological polar surface area (TPSA) is 78.2 Å². The normalized spacial score (nSPS) is 10.8. The molecule has 4 aromatic rings.